The van der Waals surface area contributed by atoms with Crippen molar-refractivity contribution in [1.29, 1.82) is 0 Å². The van der Waals surface area contributed by atoms with Crippen LogP contribution in [0, 0.1) is 0 Å². The van der Waals surface area contributed by atoms with E-state index in [1.165, 1.54) is 0 Å². The first-order chi connectivity index (χ1) is 8.61. The molecule has 0 aliphatic carbocycles. The van der Waals surface area contributed by atoms with Crippen molar-refractivity contribution >= 4 is 11.6 Å². The van der Waals surface area contributed by atoms with Gasteiger partial charge in [0.15, 0.2) is 0 Å². The van der Waals surface area contributed by atoms with E-state index < -0.39 is 0 Å². The van der Waals surface area contributed by atoms with Crippen LogP contribution in [0.25, 0.3) is 0 Å². The monoisotopic (exact) mass is 266 g/mol. The Kier molecular flexibility index (Phi) is 3.77. The summed E-state index contributed by atoms with van der Waals surface area (Å²) in [5, 5.41) is 0.558. The standard InChI is InChI=1S/C13H15ClN2O2/c1-9(2)16-12(14)8-15-13(16)18-11-6-4-5-10(7-11)17-3/h4-9H,1-3H3. The molecule has 18 heavy (non-hydrogen) atoms. The van der Waals surface area contributed by atoms with Gasteiger partial charge in [0.2, 0.25) is 0 Å². The molecule has 0 spiro atoms. The Labute approximate surface area is 111 Å². The quantitative estimate of drug-likeness (QED) is 0.842. The second-order valence-corrected chi connectivity index (χ2v) is 4.50. The number of benzene rings is 1. The van der Waals surface area contributed by atoms with Crippen LogP contribution >= 0.6 is 11.6 Å². The van der Waals surface area contributed by atoms with Gasteiger partial charge in [-0.25, -0.2) is 4.98 Å². The Bertz CT molecular complexity index is 538. The average Bonchev–Trinajstić information content (AvgIpc) is 2.70. The molecule has 0 bridgehead atoms. The minimum absolute atomic E-state index is 0.181. The minimum atomic E-state index is 0.181. The van der Waals surface area contributed by atoms with Crippen LogP contribution in [0.4, 0.5) is 0 Å². The van der Waals surface area contributed by atoms with Crippen molar-refractivity contribution in [2.45, 2.75) is 19.9 Å². The normalized spacial score (nSPS) is 10.7. The number of hydrogen-bond donors (Lipinski definition) is 0. The maximum atomic E-state index is 6.06. The topological polar surface area (TPSA) is 36.3 Å². The summed E-state index contributed by atoms with van der Waals surface area (Å²) in [4.78, 5) is 4.16. The van der Waals surface area contributed by atoms with Crippen LogP contribution in [0.15, 0.2) is 30.5 Å². The Morgan fingerprint density at radius 1 is 1.28 bits per heavy atom. The summed E-state index contributed by atoms with van der Waals surface area (Å²) in [5.41, 5.74) is 0. The van der Waals surface area contributed by atoms with E-state index in [0.29, 0.717) is 16.9 Å². The van der Waals surface area contributed by atoms with Gasteiger partial charge >= 0.3 is 6.01 Å². The van der Waals surface area contributed by atoms with Crippen LogP contribution in [0.3, 0.4) is 0 Å². The zero-order valence-corrected chi connectivity index (χ0v) is 11.3. The van der Waals surface area contributed by atoms with Gasteiger partial charge in [-0.2, -0.15) is 0 Å². The summed E-state index contributed by atoms with van der Waals surface area (Å²) in [6, 6.07) is 8.01. The fraction of sp³-hybridized carbons (Fsp3) is 0.308. The third-order valence-corrected chi connectivity index (χ3v) is 2.76. The molecule has 5 heteroatoms. The summed E-state index contributed by atoms with van der Waals surface area (Å²) in [6.45, 7) is 4.04. The van der Waals surface area contributed by atoms with Gasteiger partial charge in [-0.15, -0.1) is 0 Å². The van der Waals surface area contributed by atoms with E-state index in [4.69, 9.17) is 21.1 Å². The zero-order chi connectivity index (χ0) is 13.1. The smallest absolute Gasteiger partial charge is 0.303 e. The van der Waals surface area contributed by atoms with E-state index in [1.54, 1.807) is 19.4 Å². The van der Waals surface area contributed by atoms with Gasteiger partial charge in [0, 0.05) is 12.1 Å². The number of aromatic nitrogens is 2. The van der Waals surface area contributed by atoms with Gasteiger partial charge in [0.05, 0.1) is 13.3 Å². The maximum Gasteiger partial charge on any atom is 0.303 e. The first kappa shape index (κ1) is 12.8. The average molecular weight is 267 g/mol. The van der Waals surface area contributed by atoms with Crippen molar-refractivity contribution in [3.05, 3.63) is 35.6 Å². The number of hydrogen-bond acceptors (Lipinski definition) is 3. The fourth-order valence-electron chi connectivity index (χ4n) is 1.64. The summed E-state index contributed by atoms with van der Waals surface area (Å²) in [7, 11) is 1.62. The molecule has 2 aromatic rings. The van der Waals surface area contributed by atoms with E-state index in [9.17, 15) is 0 Å². The molecular weight excluding hydrogens is 252 g/mol. The molecule has 0 radical (unpaired) electrons. The molecule has 0 saturated carbocycles. The molecule has 96 valence electrons. The summed E-state index contributed by atoms with van der Waals surface area (Å²) in [5.74, 6) is 1.40. The fourth-order valence-corrected chi connectivity index (χ4v) is 1.95. The van der Waals surface area contributed by atoms with Crippen molar-refractivity contribution < 1.29 is 9.47 Å². The number of rotatable bonds is 4. The van der Waals surface area contributed by atoms with Gasteiger partial charge in [-0.3, -0.25) is 4.57 Å². The highest BCUT2D eigenvalue weighted by Gasteiger charge is 2.13. The first-order valence-electron chi connectivity index (χ1n) is 5.66. The van der Waals surface area contributed by atoms with Crippen LogP contribution in [-0.2, 0) is 0 Å². The molecule has 0 aliphatic heterocycles. The Morgan fingerprint density at radius 2 is 2.00 bits per heavy atom. The zero-order valence-electron chi connectivity index (χ0n) is 10.6. The first-order valence-corrected chi connectivity index (χ1v) is 6.04. The maximum absolute atomic E-state index is 6.06. The molecule has 0 fully saturated rings. The van der Waals surface area contributed by atoms with Crippen LogP contribution in [-0.4, -0.2) is 16.7 Å². The third-order valence-electron chi connectivity index (χ3n) is 2.48. The van der Waals surface area contributed by atoms with Crippen molar-refractivity contribution in [2.75, 3.05) is 7.11 Å². The number of ether oxygens (including phenoxy) is 2. The summed E-state index contributed by atoms with van der Waals surface area (Å²) >= 11 is 6.06. The molecule has 0 saturated heterocycles. The lowest BCUT2D eigenvalue weighted by atomic mass is 10.3. The number of nitrogens with zero attached hydrogens (tertiary/aromatic N) is 2. The molecule has 1 heterocycles. The molecule has 0 atom stereocenters. The lowest BCUT2D eigenvalue weighted by Crippen LogP contribution is -2.03. The van der Waals surface area contributed by atoms with Crippen molar-refractivity contribution in [3.8, 4) is 17.5 Å². The van der Waals surface area contributed by atoms with E-state index >= 15 is 0 Å². The van der Waals surface area contributed by atoms with E-state index in [1.807, 2.05) is 36.6 Å². The van der Waals surface area contributed by atoms with E-state index in [0.717, 1.165) is 5.75 Å². The second-order valence-electron chi connectivity index (χ2n) is 4.11. The van der Waals surface area contributed by atoms with Gasteiger partial charge in [0.1, 0.15) is 16.7 Å². The van der Waals surface area contributed by atoms with Crippen molar-refractivity contribution in [2.24, 2.45) is 0 Å². The van der Waals surface area contributed by atoms with Gasteiger partial charge in [0.25, 0.3) is 0 Å². The molecule has 1 aromatic heterocycles. The molecule has 0 aliphatic rings. The minimum Gasteiger partial charge on any atom is -0.497 e. The summed E-state index contributed by atoms with van der Waals surface area (Å²) < 4.78 is 12.7. The van der Waals surface area contributed by atoms with Crippen LogP contribution in [0.2, 0.25) is 5.15 Å². The van der Waals surface area contributed by atoms with Gasteiger partial charge in [-0.05, 0) is 26.0 Å². The largest absolute Gasteiger partial charge is 0.497 e. The predicted octanol–water partition coefficient (Wildman–Crippen LogP) is 3.92. The molecule has 0 amide bonds. The lowest BCUT2D eigenvalue weighted by Gasteiger charge is -2.13. The third kappa shape index (κ3) is 2.59. The highest BCUT2D eigenvalue weighted by Crippen LogP contribution is 2.29. The molecule has 2 rings (SSSR count). The number of methoxy groups -OCH3 is 1. The van der Waals surface area contributed by atoms with Gasteiger partial charge < -0.3 is 9.47 Å². The highest BCUT2D eigenvalue weighted by molar-refractivity contribution is 6.29. The molecule has 0 unspecified atom stereocenters. The Balaban J connectivity index is 2.28. The Hall–Kier alpha value is -1.68. The van der Waals surface area contributed by atoms with Crippen molar-refractivity contribution in [1.82, 2.24) is 9.55 Å². The molecule has 1 aromatic carbocycles. The van der Waals surface area contributed by atoms with Crippen LogP contribution in [0.5, 0.6) is 17.5 Å². The van der Waals surface area contributed by atoms with E-state index in [2.05, 4.69) is 4.98 Å². The molecular formula is C13H15ClN2O2. The Morgan fingerprint density at radius 3 is 2.67 bits per heavy atom. The van der Waals surface area contributed by atoms with Gasteiger partial charge in [-0.1, -0.05) is 17.7 Å². The van der Waals surface area contributed by atoms with E-state index in [-0.39, 0.29) is 6.04 Å². The molecule has 0 N–H and O–H groups in total. The number of halogens is 1. The van der Waals surface area contributed by atoms with Crippen LogP contribution in [0.1, 0.15) is 19.9 Å². The number of imidazole rings is 1. The van der Waals surface area contributed by atoms with Crippen LogP contribution < -0.4 is 9.47 Å². The van der Waals surface area contributed by atoms with Crippen molar-refractivity contribution in [3.63, 3.8) is 0 Å². The second kappa shape index (κ2) is 5.31. The highest BCUT2D eigenvalue weighted by atomic mass is 35.5. The lowest BCUT2D eigenvalue weighted by molar-refractivity contribution is 0.386. The molecule has 4 nitrogen and oxygen atoms in total. The predicted molar refractivity (Wildman–Crippen MR) is 70.7 cm³/mol. The SMILES string of the molecule is COc1cccc(Oc2ncc(Cl)n2C(C)C)c1. The summed E-state index contributed by atoms with van der Waals surface area (Å²) in [6.07, 6.45) is 1.58.